The van der Waals surface area contributed by atoms with Gasteiger partial charge >= 0.3 is 5.97 Å². The standard InChI is InChI=1S/C15H22ClNO4S/c1-10-8-13(11(2)7-12(10)16)22(19,20)17(6)9-14(18)21-15(3,4)5/h7-8H,9H2,1-6H3. The Morgan fingerprint density at radius 3 is 2.27 bits per heavy atom. The van der Waals surface area contributed by atoms with Gasteiger partial charge in [-0.3, -0.25) is 4.79 Å². The summed E-state index contributed by atoms with van der Waals surface area (Å²) in [6, 6.07) is 3.11. The molecule has 0 spiro atoms. The molecule has 0 radical (unpaired) electrons. The molecule has 0 atom stereocenters. The lowest BCUT2D eigenvalue weighted by atomic mass is 10.2. The summed E-state index contributed by atoms with van der Waals surface area (Å²) in [5, 5.41) is 0.506. The third-order valence-corrected chi connectivity index (χ3v) is 5.27. The van der Waals surface area contributed by atoms with Crippen molar-refractivity contribution in [2.24, 2.45) is 0 Å². The second-order valence-corrected chi connectivity index (χ2v) is 8.63. The summed E-state index contributed by atoms with van der Waals surface area (Å²) in [4.78, 5) is 11.9. The van der Waals surface area contributed by atoms with Crippen molar-refractivity contribution in [2.45, 2.75) is 45.1 Å². The van der Waals surface area contributed by atoms with Gasteiger partial charge in [0.2, 0.25) is 10.0 Å². The van der Waals surface area contributed by atoms with E-state index in [-0.39, 0.29) is 11.4 Å². The van der Waals surface area contributed by atoms with Crippen LogP contribution in [0, 0.1) is 13.8 Å². The highest BCUT2D eigenvalue weighted by Crippen LogP contribution is 2.25. The predicted molar refractivity (Wildman–Crippen MR) is 86.6 cm³/mol. The van der Waals surface area contributed by atoms with Gasteiger partial charge in [0.15, 0.2) is 0 Å². The summed E-state index contributed by atoms with van der Waals surface area (Å²) in [7, 11) is -2.44. The summed E-state index contributed by atoms with van der Waals surface area (Å²) in [6.07, 6.45) is 0. The Morgan fingerprint density at radius 2 is 1.77 bits per heavy atom. The van der Waals surface area contributed by atoms with Crippen molar-refractivity contribution in [1.82, 2.24) is 4.31 Å². The van der Waals surface area contributed by atoms with E-state index in [0.29, 0.717) is 16.1 Å². The summed E-state index contributed by atoms with van der Waals surface area (Å²) in [6.45, 7) is 8.24. The average molecular weight is 348 g/mol. The summed E-state index contributed by atoms with van der Waals surface area (Å²) < 4.78 is 31.3. The van der Waals surface area contributed by atoms with Crippen molar-refractivity contribution >= 4 is 27.6 Å². The number of carbonyl (C=O) groups excluding carboxylic acids is 1. The Labute approximate surface area is 137 Å². The summed E-state index contributed by atoms with van der Waals surface area (Å²) in [5.41, 5.74) is 0.539. The minimum Gasteiger partial charge on any atom is -0.459 e. The number of carbonyl (C=O) groups is 1. The quantitative estimate of drug-likeness (QED) is 0.785. The first kappa shape index (κ1) is 18.9. The van der Waals surface area contributed by atoms with E-state index < -0.39 is 21.6 Å². The molecular weight excluding hydrogens is 326 g/mol. The van der Waals surface area contributed by atoms with E-state index in [9.17, 15) is 13.2 Å². The highest BCUT2D eigenvalue weighted by molar-refractivity contribution is 7.89. The third-order valence-electron chi connectivity index (χ3n) is 2.92. The minimum atomic E-state index is -3.79. The van der Waals surface area contributed by atoms with Crippen molar-refractivity contribution in [3.8, 4) is 0 Å². The second-order valence-electron chi connectivity index (χ2n) is 6.21. The number of esters is 1. The number of ether oxygens (including phenoxy) is 1. The highest BCUT2D eigenvalue weighted by atomic mass is 35.5. The fourth-order valence-electron chi connectivity index (χ4n) is 1.84. The fourth-order valence-corrected chi connectivity index (χ4v) is 3.46. The minimum absolute atomic E-state index is 0.139. The van der Waals surface area contributed by atoms with E-state index in [0.717, 1.165) is 4.31 Å². The number of aryl methyl sites for hydroxylation is 2. The van der Waals surface area contributed by atoms with Gasteiger partial charge in [-0.1, -0.05) is 11.6 Å². The maximum Gasteiger partial charge on any atom is 0.321 e. The first-order valence-corrected chi connectivity index (χ1v) is 8.61. The van der Waals surface area contributed by atoms with Crippen molar-refractivity contribution < 1.29 is 17.9 Å². The zero-order valence-electron chi connectivity index (χ0n) is 13.7. The van der Waals surface area contributed by atoms with Crippen LogP contribution in [0.1, 0.15) is 31.9 Å². The van der Waals surface area contributed by atoms with Crippen molar-refractivity contribution in [2.75, 3.05) is 13.6 Å². The maximum absolute atomic E-state index is 12.6. The molecule has 22 heavy (non-hydrogen) atoms. The Balaban J connectivity index is 3.04. The number of nitrogens with zero attached hydrogens (tertiary/aromatic N) is 1. The van der Waals surface area contributed by atoms with Crippen LogP contribution in [0.3, 0.4) is 0 Å². The van der Waals surface area contributed by atoms with Crippen molar-refractivity contribution in [1.29, 1.82) is 0 Å². The van der Waals surface area contributed by atoms with Crippen LogP contribution in [0.5, 0.6) is 0 Å². The largest absolute Gasteiger partial charge is 0.459 e. The molecule has 124 valence electrons. The number of halogens is 1. The summed E-state index contributed by atoms with van der Waals surface area (Å²) >= 11 is 5.99. The van der Waals surface area contributed by atoms with Gasteiger partial charge in [0.05, 0.1) is 4.90 Å². The van der Waals surface area contributed by atoms with Gasteiger partial charge in [-0.05, 0) is 57.9 Å². The van der Waals surface area contributed by atoms with E-state index in [1.54, 1.807) is 40.7 Å². The van der Waals surface area contributed by atoms with Gasteiger partial charge in [-0.15, -0.1) is 0 Å². The van der Waals surface area contributed by atoms with Crippen LogP contribution in [-0.4, -0.2) is 37.9 Å². The Morgan fingerprint density at radius 1 is 1.23 bits per heavy atom. The van der Waals surface area contributed by atoms with Gasteiger partial charge in [-0.2, -0.15) is 4.31 Å². The van der Waals surface area contributed by atoms with Crippen LogP contribution in [0.25, 0.3) is 0 Å². The molecule has 0 aliphatic carbocycles. The van der Waals surface area contributed by atoms with E-state index in [2.05, 4.69) is 0 Å². The maximum atomic E-state index is 12.6. The first-order valence-electron chi connectivity index (χ1n) is 6.79. The number of hydrogen-bond donors (Lipinski definition) is 0. The Kier molecular flexibility index (Phi) is 5.65. The third kappa shape index (κ3) is 4.69. The molecule has 0 unspecified atom stereocenters. The fraction of sp³-hybridized carbons (Fsp3) is 0.533. The molecule has 0 heterocycles. The molecule has 0 saturated carbocycles. The number of sulfonamides is 1. The predicted octanol–water partition coefficient (Wildman–Crippen LogP) is 2.92. The molecule has 1 rings (SSSR count). The van der Waals surface area contributed by atoms with E-state index in [1.165, 1.54) is 13.1 Å². The molecule has 1 aromatic carbocycles. The van der Waals surface area contributed by atoms with Crippen molar-refractivity contribution in [3.05, 3.63) is 28.3 Å². The summed E-state index contributed by atoms with van der Waals surface area (Å²) in [5.74, 6) is -0.595. The molecule has 0 aromatic heterocycles. The lowest BCUT2D eigenvalue weighted by Gasteiger charge is -2.23. The molecule has 0 aliphatic rings. The first-order chi connectivity index (χ1) is 9.84. The molecule has 0 aliphatic heterocycles. The van der Waals surface area contributed by atoms with Crippen LogP contribution in [-0.2, 0) is 19.6 Å². The van der Waals surface area contributed by atoms with Crippen LogP contribution in [0.2, 0.25) is 5.02 Å². The molecule has 5 nitrogen and oxygen atoms in total. The molecular formula is C15H22ClNO4S. The van der Waals surface area contributed by atoms with Gasteiger partial charge in [-0.25, -0.2) is 8.42 Å². The monoisotopic (exact) mass is 347 g/mol. The normalized spacial score (nSPS) is 12.5. The van der Waals surface area contributed by atoms with Crippen LogP contribution in [0.4, 0.5) is 0 Å². The Bertz CT molecular complexity index is 678. The van der Waals surface area contributed by atoms with Crippen LogP contribution in [0.15, 0.2) is 17.0 Å². The van der Waals surface area contributed by atoms with Gasteiger partial charge in [0.1, 0.15) is 12.1 Å². The number of rotatable bonds is 4. The lowest BCUT2D eigenvalue weighted by Crippen LogP contribution is -2.36. The van der Waals surface area contributed by atoms with Gasteiger partial charge in [0.25, 0.3) is 0 Å². The van der Waals surface area contributed by atoms with Gasteiger partial charge in [0, 0.05) is 12.1 Å². The van der Waals surface area contributed by atoms with Gasteiger partial charge < -0.3 is 4.74 Å². The van der Waals surface area contributed by atoms with Crippen LogP contribution >= 0.6 is 11.6 Å². The second kappa shape index (κ2) is 6.56. The number of likely N-dealkylation sites (N-methyl/N-ethyl adjacent to an activating group) is 1. The Hall–Kier alpha value is -1.11. The lowest BCUT2D eigenvalue weighted by molar-refractivity contribution is -0.154. The zero-order valence-corrected chi connectivity index (χ0v) is 15.3. The highest BCUT2D eigenvalue weighted by Gasteiger charge is 2.27. The number of benzene rings is 1. The smallest absolute Gasteiger partial charge is 0.321 e. The molecule has 0 amide bonds. The molecule has 1 aromatic rings. The molecule has 0 bridgehead atoms. The average Bonchev–Trinajstić information content (AvgIpc) is 2.30. The van der Waals surface area contributed by atoms with E-state index in [1.807, 2.05) is 0 Å². The number of hydrogen-bond acceptors (Lipinski definition) is 4. The molecule has 0 fully saturated rings. The molecule has 0 N–H and O–H groups in total. The van der Waals surface area contributed by atoms with E-state index >= 15 is 0 Å². The van der Waals surface area contributed by atoms with Crippen molar-refractivity contribution in [3.63, 3.8) is 0 Å². The SMILES string of the molecule is Cc1cc(S(=O)(=O)N(C)CC(=O)OC(C)(C)C)c(C)cc1Cl. The van der Waals surface area contributed by atoms with E-state index in [4.69, 9.17) is 16.3 Å². The molecule has 0 saturated heterocycles. The molecule has 7 heteroatoms. The topological polar surface area (TPSA) is 63.7 Å². The zero-order chi connectivity index (χ0) is 17.3. The van der Waals surface area contributed by atoms with Crippen LogP contribution < -0.4 is 0 Å².